The van der Waals surface area contributed by atoms with Gasteiger partial charge in [-0.2, -0.15) is 10.4 Å². The third kappa shape index (κ3) is 3.12. The summed E-state index contributed by atoms with van der Waals surface area (Å²) >= 11 is 0. The molecule has 2 aromatic rings. The minimum absolute atomic E-state index is 0.411. The highest BCUT2D eigenvalue weighted by molar-refractivity contribution is 5.78. The standard InChI is InChI=1S/C15H20N4/c1-15(12-16,17-2)9-5-6-10-19-14-8-4-3-7-13(14)11-18-19/h3-4,7-8,11,17H,5-6,9-10H2,1-2H3. The lowest BCUT2D eigenvalue weighted by Crippen LogP contribution is -2.37. The van der Waals surface area contributed by atoms with Crippen LogP contribution < -0.4 is 5.32 Å². The van der Waals surface area contributed by atoms with Gasteiger partial charge in [0.15, 0.2) is 0 Å². The molecule has 1 aromatic heterocycles. The molecule has 0 aliphatic heterocycles. The molecule has 0 aliphatic carbocycles. The number of unbranched alkanes of at least 4 members (excludes halogenated alkanes) is 1. The predicted molar refractivity (Wildman–Crippen MR) is 76.7 cm³/mol. The molecule has 0 saturated carbocycles. The van der Waals surface area contributed by atoms with Gasteiger partial charge in [-0.15, -0.1) is 0 Å². The van der Waals surface area contributed by atoms with Crippen LogP contribution in [0, 0.1) is 11.3 Å². The summed E-state index contributed by atoms with van der Waals surface area (Å²) in [6, 6.07) is 10.5. The van der Waals surface area contributed by atoms with E-state index in [4.69, 9.17) is 5.26 Å². The first-order valence-electron chi connectivity index (χ1n) is 6.69. The minimum Gasteiger partial charge on any atom is -0.303 e. The van der Waals surface area contributed by atoms with E-state index < -0.39 is 5.54 Å². The van der Waals surface area contributed by atoms with Crippen LogP contribution in [0.5, 0.6) is 0 Å². The van der Waals surface area contributed by atoms with Gasteiger partial charge < -0.3 is 5.32 Å². The summed E-state index contributed by atoms with van der Waals surface area (Å²) in [6.45, 7) is 2.84. The van der Waals surface area contributed by atoms with E-state index >= 15 is 0 Å². The first kappa shape index (κ1) is 13.6. The van der Waals surface area contributed by atoms with Gasteiger partial charge in [0.2, 0.25) is 0 Å². The second kappa shape index (κ2) is 5.85. The fourth-order valence-corrected chi connectivity index (χ4v) is 2.18. The molecule has 0 fully saturated rings. The molecule has 4 heteroatoms. The Morgan fingerprint density at radius 2 is 2.16 bits per heavy atom. The molecule has 0 radical (unpaired) electrons. The van der Waals surface area contributed by atoms with Crippen molar-refractivity contribution >= 4 is 10.9 Å². The second-order valence-corrected chi connectivity index (χ2v) is 5.08. The smallest absolute Gasteiger partial charge is 0.103 e. The molecule has 0 bridgehead atoms. The first-order valence-corrected chi connectivity index (χ1v) is 6.69. The van der Waals surface area contributed by atoms with Crippen molar-refractivity contribution < 1.29 is 0 Å². The summed E-state index contributed by atoms with van der Waals surface area (Å²) in [4.78, 5) is 0. The Labute approximate surface area is 114 Å². The number of benzene rings is 1. The fourth-order valence-electron chi connectivity index (χ4n) is 2.18. The quantitative estimate of drug-likeness (QED) is 0.808. The largest absolute Gasteiger partial charge is 0.303 e. The molecule has 0 saturated heterocycles. The molecule has 0 spiro atoms. The number of aryl methyl sites for hydroxylation is 1. The third-order valence-corrected chi connectivity index (χ3v) is 3.65. The van der Waals surface area contributed by atoms with Gasteiger partial charge in [0.25, 0.3) is 0 Å². The molecule has 1 atom stereocenters. The van der Waals surface area contributed by atoms with Crippen LogP contribution in [0.2, 0.25) is 0 Å². The Kier molecular flexibility index (Phi) is 4.18. The van der Waals surface area contributed by atoms with Gasteiger partial charge in [-0.1, -0.05) is 18.2 Å². The van der Waals surface area contributed by atoms with Crippen molar-refractivity contribution in [3.05, 3.63) is 30.5 Å². The van der Waals surface area contributed by atoms with Crippen molar-refractivity contribution in [3.8, 4) is 6.07 Å². The van der Waals surface area contributed by atoms with Crippen LogP contribution in [0.25, 0.3) is 10.9 Å². The van der Waals surface area contributed by atoms with Crippen LogP contribution in [-0.4, -0.2) is 22.4 Å². The predicted octanol–water partition coefficient (Wildman–Crippen LogP) is 2.71. The van der Waals surface area contributed by atoms with Crippen LogP contribution in [0.15, 0.2) is 30.5 Å². The molecule has 1 unspecified atom stereocenters. The molecule has 1 aromatic carbocycles. The number of aromatic nitrogens is 2. The number of hydrogen-bond acceptors (Lipinski definition) is 3. The summed E-state index contributed by atoms with van der Waals surface area (Å²) in [5, 5.41) is 17.7. The number of hydrogen-bond donors (Lipinski definition) is 1. The fraction of sp³-hybridized carbons (Fsp3) is 0.467. The number of nitriles is 1. The monoisotopic (exact) mass is 256 g/mol. The average molecular weight is 256 g/mol. The van der Waals surface area contributed by atoms with Crippen molar-refractivity contribution in [1.29, 1.82) is 5.26 Å². The maximum absolute atomic E-state index is 9.08. The van der Waals surface area contributed by atoms with Gasteiger partial charge in [0.05, 0.1) is 17.8 Å². The normalized spacial score (nSPS) is 14.2. The van der Waals surface area contributed by atoms with Crippen LogP contribution in [0.4, 0.5) is 0 Å². The van der Waals surface area contributed by atoms with Gasteiger partial charge in [-0.3, -0.25) is 4.68 Å². The maximum atomic E-state index is 9.08. The van der Waals surface area contributed by atoms with E-state index in [-0.39, 0.29) is 0 Å². The molecule has 2 rings (SSSR count). The average Bonchev–Trinajstić information content (AvgIpc) is 2.87. The van der Waals surface area contributed by atoms with E-state index in [2.05, 4.69) is 28.6 Å². The number of para-hydroxylation sites is 1. The van der Waals surface area contributed by atoms with Gasteiger partial charge in [-0.05, 0) is 39.3 Å². The highest BCUT2D eigenvalue weighted by atomic mass is 15.3. The Balaban J connectivity index is 1.88. The Hall–Kier alpha value is -1.86. The van der Waals surface area contributed by atoms with Crippen molar-refractivity contribution in [3.63, 3.8) is 0 Å². The molecule has 100 valence electrons. The zero-order chi connectivity index (χ0) is 13.7. The van der Waals surface area contributed by atoms with Gasteiger partial charge in [-0.25, -0.2) is 0 Å². The van der Waals surface area contributed by atoms with Crippen LogP contribution in [0.3, 0.4) is 0 Å². The van der Waals surface area contributed by atoms with E-state index in [1.807, 2.05) is 37.0 Å². The molecule has 0 aliphatic rings. The number of nitrogens with one attached hydrogen (secondary N) is 1. The summed E-state index contributed by atoms with van der Waals surface area (Å²) in [5.41, 5.74) is 0.769. The van der Waals surface area contributed by atoms with E-state index in [1.54, 1.807) is 0 Å². The van der Waals surface area contributed by atoms with E-state index in [9.17, 15) is 0 Å². The Morgan fingerprint density at radius 1 is 1.37 bits per heavy atom. The molecule has 19 heavy (non-hydrogen) atoms. The SMILES string of the molecule is CNC(C)(C#N)CCCCn1ncc2ccccc21. The van der Waals surface area contributed by atoms with Crippen molar-refractivity contribution in [2.45, 2.75) is 38.3 Å². The topological polar surface area (TPSA) is 53.6 Å². The van der Waals surface area contributed by atoms with Crippen molar-refractivity contribution in [1.82, 2.24) is 15.1 Å². The summed E-state index contributed by atoms with van der Waals surface area (Å²) in [7, 11) is 1.84. The molecular weight excluding hydrogens is 236 g/mol. The zero-order valence-corrected chi connectivity index (χ0v) is 11.6. The molecule has 1 N–H and O–H groups in total. The van der Waals surface area contributed by atoms with E-state index in [1.165, 1.54) is 10.9 Å². The zero-order valence-electron chi connectivity index (χ0n) is 11.6. The van der Waals surface area contributed by atoms with E-state index in [0.717, 1.165) is 25.8 Å². The summed E-state index contributed by atoms with van der Waals surface area (Å²) in [5.74, 6) is 0. The van der Waals surface area contributed by atoms with Crippen LogP contribution in [-0.2, 0) is 6.54 Å². The second-order valence-electron chi connectivity index (χ2n) is 5.08. The summed E-state index contributed by atoms with van der Waals surface area (Å²) in [6.07, 6.45) is 4.81. The number of fused-ring (bicyclic) bond motifs is 1. The highest BCUT2D eigenvalue weighted by Crippen LogP contribution is 2.16. The van der Waals surface area contributed by atoms with Gasteiger partial charge in [0.1, 0.15) is 5.54 Å². The maximum Gasteiger partial charge on any atom is 0.103 e. The van der Waals surface area contributed by atoms with Crippen LogP contribution >= 0.6 is 0 Å². The highest BCUT2D eigenvalue weighted by Gasteiger charge is 2.19. The third-order valence-electron chi connectivity index (χ3n) is 3.65. The van der Waals surface area contributed by atoms with Crippen LogP contribution in [0.1, 0.15) is 26.2 Å². The van der Waals surface area contributed by atoms with Crippen molar-refractivity contribution in [2.75, 3.05) is 7.05 Å². The number of nitrogens with zero attached hydrogens (tertiary/aromatic N) is 3. The number of rotatable bonds is 6. The summed E-state index contributed by atoms with van der Waals surface area (Å²) < 4.78 is 2.04. The molecule has 0 amide bonds. The molecular formula is C15H20N4. The lowest BCUT2D eigenvalue weighted by atomic mass is 9.97. The van der Waals surface area contributed by atoms with Crippen molar-refractivity contribution in [2.24, 2.45) is 0 Å². The molecule has 4 nitrogen and oxygen atoms in total. The lowest BCUT2D eigenvalue weighted by Gasteiger charge is -2.20. The van der Waals surface area contributed by atoms with E-state index in [0.29, 0.717) is 0 Å². The first-order chi connectivity index (χ1) is 9.18. The van der Waals surface area contributed by atoms with Gasteiger partial charge >= 0.3 is 0 Å². The Bertz CT molecular complexity index is 581. The van der Waals surface area contributed by atoms with Gasteiger partial charge in [0, 0.05) is 11.9 Å². The molecule has 1 heterocycles. The lowest BCUT2D eigenvalue weighted by molar-refractivity contribution is 0.421. The minimum atomic E-state index is -0.411. The Morgan fingerprint density at radius 3 is 2.89 bits per heavy atom.